The highest BCUT2D eigenvalue weighted by atomic mass is 16.5. The molecule has 0 radical (unpaired) electrons. The number of unbranched alkanes of at least 4 members (excludes halogenated alkanes) is 2. The predicted molar refractivity (Wildman–Crippen MR) is 101 cm³/mol. The second-order valence-electron chi connectivity index (χ2n) is 6.42. The van der Waals surface area contributed by atoms with Crippen LogP contribution in [0, 0.1) is 17.3 Å². The second-order valence-corrected chi connectivity index (χ2v) is 6.42. The lowest BCUT2D eigenvalue weighted by atomic mass is 10.1. The second kappa shape index (κ2) is 8.03. The Labute approximate surface area is 157 Å². The van der Waals surface area contributed by atoms with E-state index in [1.807, 2.05) is 0 Å². The smallest absolute Gasteiger partial charge is 0.333 e. The molecule has 0 aliphatic rings. The molecule has 0 amide bonds. The molecule has 0 atom stereocenters. The Kier molecular flexibility index (Phi) is 5.54. The Bertz CT molecular complexity index is 968. The highest BCUT2D eigenvalue weighted by Crippen LogP contribution is 2.17. The number of carbonyl (C=O) groups excluding carboxylic acids is 1. The third-order valence-corrected chi connectivity index (χ3v) is 4.52. The summed E-state index contributed by atoms with van der Waals surface area (Å²) in [6.45, 7) is 4.23. The first kappa shape index (κ1) is 18.6. The zero-order chi connectivity index (χ0) is 19.4. The molecule has 0 saturated carbocycles. The van der Waals surface area contributed by atoms with Crippen LogP contribution in [-0.4, -0.2) is 12.4 Å². The van der Waals surface area contributed by atoms with Gasteiger partial charge in [-0.3, -0.25) is 4.79 Å². The van der Waals surface area contributed by atoms with Gasteiger partial charge in [0.2, 0.25) is 0 Å². The van der Waals surface area contributed by atoms with Crippen LogP contribution in [0.1, 0.15) is 47.9 Å². The summed E-state index contributed by atoms with van der Waals surface area (Å²) in [6.07, 6.45) is 3.21. The third-order valence-electron chi connectivity index (χ3n) is 4.52. The van der Waals surface area contributed by atoms with Crippen LogP contribution in [0.15, 0.2) is 48.5 Å². The molecule has 0 N–H and O–H groups in total. The Morgan fingerprint density at radius 3 is 2.22 bits per heavy atom. The van der Waals surface area contributed by atoms with E-state index in [0.29, 0.717) is 27.4 Å². The van der Waals surface area contributed by atoms with Gasteiger partial charge in [-0.05, 0) is 30.7 Å². The molecule has 6 heteroatoms. The molecule has 0 aliphatic heterocycles. The van der Waals surface area contributed by atoms with E-state index in [-0.39, 0.29) is 22.4 Å². The maximum atomic E-state index is 12.9. The van der Waals surface area contributed by atoms with E-state index in [1.54, 1.807) is 42.5 Å². The van der Waals surface area contributed by atoms with Crippen molar-refractivity contribution >= 4 is 16.8 Å². The molecule has 0 fully saturated rings. The van der Waals surface area contributed by atoms with E-state index in [0.717, 1.165) is 19.3 Å². The molecule has 3 aromatic rings. The summed E-state index contributed by atoms with van der Waals surface area (Å²) in [5.41, 5.74) is 0.641. The fourth-order valence-electron chi connectivity index (χ4n) is 2.99. The Balaban J connectivity index is 1.90. The molecule has 27 heavy (non-hydrogen) atoms. The topological polar surface area (TPSA) is 80.2 Å². The maximum absolute atomic E-state index is 12.9. The molecule has 0 saturated heterocycles. The molecule has 0 unspecified atom stereocenters. The molecular weight excluding hydrogens is 344 g/mol. The Morgan fingerprint density at radius 1 is 0.963 bits per heavy atom. The standard InChI is InChI=1S/C21H22N2O4/c1-3-4-7-14-27-17-12-10-16(11-13-17)21(24)20-15(2)22(25)18-8-5-6-9-19(18)23(20)26/h5-6,8-13H,3-4,7,14H2,1-2H3. The molecule has 1 aromatic heterocycles. The van der Waals surface area contributed by atoms with Crippen molar-refractivity contribution in [2.45, 2.75) is 33.1 Å². The summed E-state index contributed by atoms with van der Waals surface area (Å²) in [5, 5.41) is 25.2. The van der Waals surface area contributed by atoms with Crippen LogP contribution >= 0.6 is 0 Å². The molecular formula is C21H22N2O4. The normalized spacial score (nSPS) is 10.9. The van der Waals surface area contributed by atoms with Crippen LogP contribution in [0.5, 0.6) is 5.75 Å². The summed E-state index contributed by atoms with van der Waals surface area (Å²) in [5.74, 6) is 0.183. The summed E-state index contributed by atoms with van der Waals surface area (Å²) >= 11 is 0. The molecule has 0 aliphatic carbocycles. The fraction of sp³-hybridized carbons (Fsp3) is 0.286. The minimum Gasteiger partial charge on any atom is -0.618 e. The zero-order valence-electron chi connectivity index (χ0n) is 15.5. The van der Waals surface area contributed by atoms with Gasteiger partial charge in [0.15, 0.2) is 0 Å². The molecule has 6 nitrogen and oxygen atoms in total. The monoisotopic (exact) mass is 366 g/mol. The van der Waals surface area contributed by atoms with Crippen LogP contribution in [0.4, 0.5) is 0 Å². The van der Waals surface area contributed by atoms with Crippen LogP contribution in [0.2, 0.25) is 0 Å². The number of hydrogen-bond acceptors (Lipinski definition) is 4. The molecule has 2 aromatic carbocycles. The van der Waals surface area contributed by atoms with Gasteiger partial charge in [-0.25, -0.2) is 0 Å². The van der Waals surface area contributed by atoms with Crippen LogP contribution in [-0.2, 0) is 0 Å². The molecule has 0 bridgehead atoms. The van der Waals surface area contributed by atoms with Crippen LogP contribution < -0.4 is 14.2 Å². The lowest BCUT2D eigenvalue weighted by Crippen LogP contribution is -2.46. The van der Waals surface area contributed by atoms with E-state index in [4.69, 9.17) is 4.74 Å². The van der Waals surface area contributed by atoms with Crippen LogP contribution in [0.3, 0.4) is 0 Å². The predicted octanol–water partition coefficient (Wildman–Crippen LogP) is 3.22. The van der Waals surface area contributed by atoms with Gasteiger partial charge in [-0.15, -0.1) is 0 Å². The number of para-hydroxylation sites is 2. The first-order valence-corrected chi connectivity index (χ1v) is 9.06. The van der Waals surface area contributed by atoms with E-state index >= 15 is 0 Å². The van der Waals surface area contributed by atoms with E-state index < -0.39 is 5.78 Å². The lowest BCUT2D eigenvalue weighted by Gasteiger charge is -2.11. The summed E-state index contributed by atoms with van der Waals surface area (Å²) in [6, 6.07) is 13.1. The highest BCUT2D eigenvalue weighted by molar-refractivity contribution is 6.07. The number of ketones is 1. The van der Waals surface area contributed by atoms with Crippen molar-refractivity contribution in [2.24, 2.45) is 0 Å². The summed E-state index contributed by atoms with van der Waals surface area (Å²) < 4.78 is 6.81. The highest BCUT2D eigenvalue weighted by Gasteiger charge is 2.31. The van der Waals surface area contributed by atoms with Gasteiger partial charge in [0.25, 0.3) is 22.5 Å². The van der Waals surface area contributed by atoms with Crippen molar-refractivity contribution in [2.75, 3.05) is 6.61 Å². The Morgan fingerprint density at radius 2 is 1.59 bits per heavy atom. The van der Waals surface area contributed by atoms with Crippen molar-refractivity contribution in [1.29, 1.82) is 0 Å². The van der Waals surface area contributed by atoms with Gasteiger partial charge in [0.05, 0.1) is 6.61 Å². The number of nitrogens with zero attached hydrogens (tertiary/aromatic N) is 2. The van der Waals surface area contributed by atoms with Crippen LogP contribution in [0.25, 0.3) is 11.0 Å². The zero-order valence-corrected chi connectivity index (χ0v) is 15.5. The quantitative estimate of drug-likeness (QED) is 0.278. The fourth-order valence-corrected chi connectivity index (χ4v) is 2.99. The van der Waals surface area contributed by atoms with Gasteiger partial charge in [-0.1, -0.05) is 31.9 Å². The Hall–Kier alpha value is -3.15. The average Bonchev–Trinajstić information content (AvgIpc) is 2.70. The van der Waals surface area contributed by atoms with Gasteiger partial charge in [0, 0.05) is 24.6 Å². The minimum absolute atomic E-state index is 0.0774. The van der Waals surface area contributed by atoms with E-state index in [2.05, 4.69) is 6.92 Å². The van der Waals surface area contributed by atoms with Crippen molar-refractivity contribution in [3.05, 3.63) is 75.9 Å². The number of rotatable bonds is 7. The summed E-state index contributed by atoms with van der Waals surface area (Å²) in [7, 11) is 0. The number of hydrogen-bond donors (Lipinski definition) is 0. The summed E-state index contributed by atoms with van der Waals surface area (Å²) in [4.78, 5) is 12.9. The van der Waals surface area contributed by atoms with Crippen molar-refractivity contribution in [3.8, 4) is 5.75 Å². The van der Waals surface area contributed by atoms with Crippen molar-refractivity contribution in [3.63, 3.8) is 0 Å². The van der Waals surface area contributed by atoms with Crippen molar-refractivity contribution < 1.29 is 19.0 Å². The first-order chi connectivity index (χ1) is 13.0. The van der Waals surface area contributed by atoms with E-state index in [1.165, 1.54) is 13.0 Å². The first-order valence-electron chi connectivity index (χ1n) is 9.06. The average molecular weight is 366 g/mol. The largest absolute Gasteiger partial charge is 0.618 e. The number of carbonyl (C=O) groups is 1. The lowest BCUT2D eigenvalue weighted by molar-refractivity contribution is -0.635. The number of benzene rings is 2. The van der Waals surface area contributed by atoms with Gasteiger partial charge in [0.1, 0.15) is 5.75 Å². The minimum atomic E-state index is -0.490. The van der Waals surface area contributed by atoms with E-state index in [9.17, 15) is 15.2 Å². The van der Waals surface area contributed by atoms with Gasteiger partial charge in [-0.2, -0.15) is 9.46 Å². The molecule has 0 spiro atoms. The molecule has 140 valence electrons. The SMILES string of the molecule is CCCCCOc1ccc(C(=O)c2c(C)[n+]([O-])c3ccccc3[n+]2[O-])cc1. The molecule has 3 rings (SSSR count). The number of ether oxygens (including phenoxy) is 1. The van der Waals surface area contributed by atoms with Gasteiger partial charge >= 0.3 is 5.69 Å². The number of fused-ring (bicyclic) bond motifs is 1. The molecule has 1 heterocycles. The third kappa shape index (κ3) is 3.69. The van der Waals surface area contributed by atoms with Crippen molar-refractivity contribution in [1.82, 2.24) is 0 Å². The van der Waals surface area contributed by atoms with Gasteiger partial charge < -0.3 is 15.2 Å². The maximum Gasteiger partial charge on any atom is 0.333 e. The number of aromatic nitrogens is 2.